The van der Waals surface area contributed by atoms with Gasteiger partial charge in [0, 0.05) is 49.1 Å². The van der Waals surface area contributed by atoms with Crippen molar-refractivity contribution in [1.29, 1.82) is 0 Å². The molecule has 1 atom stereocenters. The van der Waals surface area contributed by atoms with Gasteiger partial charge in [0.15, 0.2) is 0 Å². The van der Waals surface area contributed by atoms with Crippen molar-refractivity contribution in [2.24, 2.45) is 5.41 Å². The molecule has 0 bridgehead atoms. The van der Waals surface area contributed by atoms with Crippen LogP contribution in [0.5, 0.6) is 5.75 Å². The van der Waals surface area contributed by atoms with Crippen molar-refractivity contribution >= 4 is 5.91 Å². The van der Waals surface area contributed by atoms with Gasteiger partial charge in [-0.05, 0) is 44.7 Å². The maximum Gasteiger partial charge on any atom is 0.222 e. The number of amides is 1. The number of hydrogen-bond acceptors (Lipinski definition) is 3. The second-order valence-corrected chi connectivity index (χ2v) is 8.02. The van der Waals surface area contributed by atoms with Crippen molar-refractivity contribution in [3.8, 4) is 5.75 Å². The van der Waals surface area contributed by atoms with Crippen LogP contribution in [0.1, 0.15) is 44.1 Å². The van der Waals surface area contributed by atoms with E-state index in [0.29, 0.717) is 30.7 Å². The minimum atomic E-state index is -0.197. The maximum absolute atomic E-state index is 14.3. The molecule has 0 N–H and O–H groups in total. The molecule has 25 heavy (non-hydrogen) atoms. The Morgan fingerprint density at radius 2 is 2.12 bits per heavy atom. The first-order valence-corrected chi connectivity index (χ1v) is 9.43. The monoisotopic (exact) mass is 346 g/mol. The second kappa shape index (κ2) is 6.60. The van der Waals surface area contributed by atoms with Crippen LogP contribution in [0.3, 0.4) is 0 Å². The highest BCUT2D eigenvalue weighted by molar-refractivity contribution is 5.78. The van der Waals surface area contributed by atoms with Crippen molar-refractivity contribution in [3.63, 3.8) is 0 Å². The summed E-state index contributed by atoms with van der Waals surface area (Å²) in [6.07, 6.45) is 6.32. The third-order valence-corrected chi connectivity index (χ3v) is 6.08. The van der Waals surface area contributed by atoms with Crippen LogP contribution in [0, 0.1) is 11.2 Å². The second-order valence-electron chi connectivity index (χ2n) is 8.02. The Balaban J connectivity index is 1.45. The molecule has 1 saturated carbocycles. The Labute approximate surface area is 148 Å². The molecule has 4 rings (SSSR count). The molecule has 2 heterocycles. The van der Waals surface area contributed by atoms with Gasteiger partial charge in [-0.3, -0.25) is 9.69 Å². The molecular weight excluding hydrogens is 319 g/mol. The molecule has 1 spiro atoms. The van der Waals surface area contributed by atoms with Gasteiger partial charge in [0.05, 0.1) is 7.11 Å². The minimum Gasteiger partial charge on any atom is -0.497 e. The van der Waals surface area contributed by atoms with E-state index in [1.165, 1.54) is 25.3 Å². The van der Waals surface area contributed by atoms with Crippen molar-refractivity contribution in [2.75, 3.05) is 26.7 Å². The fraction of sp³-hybridized carbons (Fsp3) is 0.650. The van der Waals surface area contributed by atoms with Gasteiger partial charge in [-0.25, -0.2) is 4.39 Å². The Morgan fingerprint density at radius 1 is 1.28 bits per heavy atom. The first-order chi connectivity index (χ1) is 12.1. The summed E-state index contributed by atoms with van der Waals surface area (Å²) in [6.45, 7) is 3.51. The highest BCUT2D eigenvalue weighted by atomic mass is 19.1. The van der Waals surface area contributed by atoms with Crippen LogP contribution in [0.25, 0.3) is 0 Å². The Morgan fingerprint density at radius 3 is 2.84 bits per heavy atom. The quantitative estimate of drug-likeness (QED) is 0.839. The van der Waals surface area contributed by atoms with E-state index >= 15 is 0 Å². The molecule has 1 aromatic rings. The number of halogens is 1. The lowest BCUT2D eigenvalue weighted by atomic mass is 9.73. The summed E-state index contributed by atoms with van der Waals surface area (Å²) < 4.78 is 19.4. The van der Waals surface area contributed by atoms with E-state index in [2.05, 4.69) is 9.80 Å². The predicted molar refractivity (Wildman–Crippen MR) is 93.9 cm³/mol. The average Bonchev–Trinajstić information content (AvgIpc) is 3.44. The summed E-state index contributed by atoms with van der Waals surface area (Å²) in [6, 6.07) is 5.62. The highest BCUT2D eigenvalue weighted by Gasteiger charge is 2.45. The molecule has 1 amide bonds. The number of carbonyl (C=O) groups excluding carboxylic acids is 1. The van der Waals surface area contributed by atoms with Gasteiger partial charge >= 0.3 is 0 Å². The fourth-order valence-corrected chi connectivity index (χ4v) is 4.57. The van der Waals surface area contributed by atoms with E-state index in [0.717, 1.165) is 38.0 Å². The average molecular weight is 346 g/mol. The molecule has 3 aliphatic rings. The summed E-state index contributed by atoms with van der Waals surface area (Å²) in [5.74, 6) is 0.700. The zero-order valence-corrected chi connectivity index (χ0v) is 15.0. The zero-order valence-electron chi connectivity index (χ0n) is 15.0. The number of carbonyl (C=O) groups is 1. The highest BCUT2D eigenvalue weighted by Crippen LogP contribution is 2.42. The van der Waals surface area contributed by atoms with Crippen LogP contribution in [0.15, 0.2) is 18.2 Å². The first kappa shape index (κ1) is 16.8. The first-order valence-electron chi connectivity index (χ1n) is 9.43. The lowest BCUT2D eigenvalue weighted by molar-refractivity contribution is -0.140. The SMILES string of the molecule is COc1ccc(CN2CCC[C@@]3(CCC(=O)N(C4CC4)C3)C2)c(F)c1. The summed E-state index contributed by atoms with van der Waals surface area (Å²) in [5, 5.41) is 0. The number of rotatable bonds is 4. The topological polar surface area (TPSA) is 32.8 Å². The number of methoxy groups -OCH3 is 1. The van der Waals surface area contributed by atoms with Gasteiger partial charge in [0.1, 0.15) is 11.6 Å². The predicted octanol–water partition coefficient (Wildman–Crippen LogP) is 3.20. The molecule has 0 radical (unpaired) electrons. The van der Waals surface area contributed by atoms with Gasteiger partial charge in [-0.15, -0.1) is 0 Å². The van der Waals surface area contributed by atoms with Gasteiger partial charge in [-0.1, -0.05) is 6.07 Å². The Kier molecular flexibility index (Phi) is 4.44. The summed E-state index contributed by atoms with van der Waals surface area (Å²) in [7, 11) is 1.55. The molecular formula is C20H27FN2O2. The molecule has 2 saturated heterocycles. The molecule has 5 heteroatoms. The van der Waals surface area contributed by atoms with Crippen LogP contribution in [-0.2, 0) is 11.3 Å². The van der Waals surface area contributed by atoms with E-state index in [9.17, 15) is 9.18 Å². The third kappa shape index (κ3) is 3.52. The fourth-order valence-electron chi connectivity index (χ4n) is 4.57. The molecule has 1 aliphatic carbocycles. The molecule has 1 aromatic carbocycles. The van der Waals surface area contributed by atoms with E-state index in [4.69, 9.17) is 4.74 Å². The van der Waals surface area contributed by atoms with E-state index < -0.39 is 0 Å². The van der Waals surface area contributed by atoms with Crippen molar-refractivity contribution in [3.05, 3.63) is 29.6 Å². The number of nitrogens with zero attached hydrogens (tertiary/aromatic N) is 2. The Hall–Kier alpha value is -1.62. The van der Waals surface area contributed by atoms with Crippen LogP contribution < -0.4 is 4.74 Å². The van der Waals surface area contributed by atoms with E-state index in [1.807, 2.05) is 12.1 Å². The van der Waals surface area contributed by atoms with Gasteiger partial charge in [-0.2, -0.15) is 0 Å². The molecule has 136 valence electrons. The van der Waals surface area contributed by atoms with Crippen LogP contribution >= 0.6 is 0 Å². The molecule has 0 unspecified atom stereocenters. The number of hydrogen-bond donors (Lipinski definition) is 0. The van der Waals surface area contributed by atoms with Gasteiger partial charge < -0.3 is 9.64 Å². The third-order valence-electron chi connectivity index (χ3n) is 6.08. The molecule has 4 nitrogen and oxygen atoms in total. The van der Waals surface area contributed by atoms with Crippen LogP contribution in [0.2, 0.25) is 0 Å². The summed E-state index contributed by atoms with van der Waals surface area (Å²) >= 11 is 0. The number of ether oxygens (including phenoxy) is 1. The number of benzene rings is 1. The van der Waals surface area contributed by atoms with Crippen molar-refractivity contribution in [1.82, 2.24) is 9.80 Å². The van der Waals surface area contributed by atoms with Crippen molar-refractivity contribution < 1.29 is 13.9 Å². The van der Waals surface area contributed by atoms with E-state index in [-0.39, 0.29) is 11.2 Å². The lowest BCUT2D eigenvalue weighted by Gasteiger charge is -2.48. The standard InChI is InChI=1S/C20H27FN2O2/c1-25-17-6-3-15(18(21)11-17)12-22-10-2-8-20(13-22)9-7-19(24)23(14-20)16-4-5-16/h3,6,11,16H,2,4-5,7-10,12-14H2,1H3/t20-/m1/s1. The van der Waals surface area contributed by atoms with Gasteiger partial charge in [0.2, 0.25) is 5.91 Å². The van der Waals surface area contributed by atoms with Crippen LogP contribution in [0.4, 0.5) is 4.39 Å². The maximum atomic E-state index is 14.3. The van der Waals surface area contributed by atoms with Crippen LogP contribution in [-0.4, -0.2) is 48.5 Å². The Bertz CT molecular complexity index is 661. The number of likely N-dealkylation sites (tertiary alicyclic amines) is 2. The number of piperidine rings is 2. The lowest BCUT2D eigenvalue weighted by Crippen LogP contribution is -2.54. The molecule has 0 aromatic heterocycles. The van der Waals surface area contributed by atoms with Gasteiger partial charge in [0.25, 0.3) is 0 Å². The molecule has 2 aliphatic heterocycles. The van der Waals surface area contributed by atoms with Crippen molar-refractivity contribution in [2.45, 2.75) is 51.1 Å². The summed E-state index contributed by atoms with van der Waals surface area (Å²) in [4.78, 5) is 16.7. The summed E-state index contributed by atoms with van der Waals surface area (Å²) in [5.41, 5.74) is 0.932. The zero-order chi connectivity index (χ0) is 17.4. The smallest absolute Gasteiger partial charge is 0.222 e. The largest absolute Gasteiger partial charge is 0.497 e. The minimum absolute atomic E-state index is 0.197. The van der Waals surface area contributed by atoms with E-state index in [1.54, 1.807) is 7.11 Å². The molecule has 3 fully saturated rings. The normalized spacial score (nSPS) is 27.8.